The van der Waals surface area contributed by atoms with Crippen molar-refractivity contribution in [3.05, 3.63) is 30.1 Å². The second kappa shape index (κ2) is 5.54. The molecule has 0 aliphatic carbocycles. The van der Waals surface area contributed by atoms with Crippen LogP contribution in [0.4, 0.5) is 10.1 Å². The molecule has 6 nitrogen and oxygen atoms in total. The van der Waals surface area contributed by atoms with Crippen molar-refractivity contribution in [2.45, 2.75) is 12.0 Å². The van der Waals surface area contributed by atoms with Gasteiger partial charge in [0.2, 0.25) is 15.9 Å². The van der Waals surface area contributed by atoms with Gasteiger partial charge in [0, 0.05) is 25.3 Å². The molecule has 1 aromatic rings. The maximum absolute atomic E-state index is 13.5. The Hall–Kier alpha value is -1.51. The average Bonchev–Trinajstić information content (AvgIpc) is 2.89. The van der Waals surface area contributed by atoms with Crippen LogP contribution in [0.1, 0.15) is 6.42 Å². The predicted octanol–water partition coefficient (Wildman–Crippen LogP) is 0.508. The minimum absolute atomic E-state index is 0.110. The molecule has 23 heavy (non-hydrogen) atoms. The van der Waals surface area contributed by atoms with Gasteiger partial charge in [0.05, 0.1) is 18.3 Å². The number of halogens is 1. The van der Waals surface area contributed by atoms with Gasteiger partial charge >= 0.3 is 0 Å². The van der Waals surface area contributed by atoms with E-state index in [9.17, 15) is 17.6 Å². The Morgan fingerprint density at radius 2 is 2.00 bits per heavy atom. The Balaban J connectivity index is 1.90. The van der Waals surface area contributed by atoms with E-state index in [1.54, 1.807) is 17.0 Å². The lowest BCUT2D eigenvalue weighted by atomic mass is 9.92. The minimum Gasteiger partial charge on any atom is -0.309 e. The molecule has 126 valence electrons. The molecule has 2 heterocycles. The molecule has 1 atom stereocenters. The third-order valence-electron chi connectivity index (χ3n) is 4.82. The normalized spacial score (nSPS) is 27.1. The van der Waals surface area contributed by atoms with Gasteiger partial charge in [-0.3, -0.25) is 9.69 Å². The summed E-state index contributed by atoms with van der Waals surface area (Å²) in [6.07, 6.45) is 1.85. The zero-order valence-corrected chi connectivity index (χ0v) is 14.0. The number of sulfonamides is 1. The fraction of sp³-hybridized carbons (Fsp3) is 0.533. The summed E-state index contributed by atoms with van der Waals surface area (Å²) in [6.45, 7) is 1.34. The number of hydrogen-bond donors (Lipinski definition) is 0. The highest BCUT2D eigenvalue weighted by Crippen LogP contribution is 2.34. The number of likely N-dealkylation sites (N-methyl/N-ethyl adjacent to an activating group) is 1. The number of hydrogen-bond acceptors (Lipinski definition) is 4. The summed E-state index contributed by atoms with van der Waals surface area (Å²) in [5.41, 5.74) is 0.0869. The monoisotopic (exact) mass is 341 g/mol. The Morgan fingerprint density at radius 3 is 2.61 bits per heavy atom. The Bertz CT molecular complexity index is 739. The molecule has 0 bridgehead atoms. The van der Waals surface area contributed by atoms with Gasteiger partial charge < -0.3 is 4.90 Å². The van der Waals surface area contributed by atoms with Crippen molar-refractivity contribution >= 4 is 21.6 Å². The Labute approximate surface area is 135 Å². The Kier molecular flexibility index (Phi) is 3.94. The molecule has 3 rings (SSSR count). The fourth-order valence-corrected chi connectivity index (χ4v) is 4.28. The number of amides is 1. The van der Waals surface area contributed by atoms with E-state index in [1.807, 2.05) is 11.9 Å². The van der Waals surface area contributed by atoms with Crippen LogP contribution < -0.4 is 4.90 Å². The lowest BCUT2D eigenvalue weighted by Crippen LogP contribution is -2.64. The summed E-state index contributed by atoms with van der Waals surface area (Å²) in [6, 6.07) is 5.94. The van der Waals surface area contributed by atoms with Crippen LogP contribution in [0.25, 0.3) is 0 Å². The first-order valence-electron chi connectivity index (χ1n) is 7.44. The van der Waals surface area contributed by atoms with Crippen molar-refractivity contribution in [2.75, 3.05) is 44.4 Å². The van der Waals surface area contributed by atoms with Gasteiger partial charge in [-0.25, -0.2) is 17.1 Å². The SMILES string of the molecule is CN1CC(=O)N(c2cccc(F)c2)C[C@@]12CCN(S(C)(=O)=O)C2. The second-order valence-electron chi connectivity index (χ2n) is 6.39. The molecule has 1 amide bonds. The quantitative estimate of drug-likeness (QED) is 0.786. The third kappa shape index (κ3) is 2.98. The molecule has 1 aromatic carbocycles. The standard InChI is InChI=1S/C15H20FN3O3S/c1-17-9-14(20)19(13-5-3-4-12(16)8-13)11-15(17)6-7-18(10-15)23(2,21)22/h3-5,8H,6-7,9-11H2,1-2H3/t15-/m0/s1. The van der Waals surface area contributed by atoms with Crippen LogP contribution in [0.5, 0.6) is 0 Å². The van der Waals surface area contributed by atoms with E-state index in [1.165, 1.54) is 22.7 Å². The average molecular weight is 341 g/mol. The molecule has 0 N–H and O–H groups in total. The fourth-order valence-electron chi connectivity index (χ4n) is 3.38. The topological polar surface area (TPSA) is 60.9 Å². The zero-order valence-electron chi connectivity index (χ0n) is 13.2. The van der Waals surface area contributed by atoms with Crippen molar-refractivity contribution in [3.8, 4) is 0 Å². The van der Waals surface area contributed by atoms with E-state index in [2.05, 4.69) is 0 Å². The molecule has 0 unspecified atom stereocenters. The molecule has 0 saturated carbocycles. The van der Waals surface area contributed by atoms with E-state index >= 15 is 0 Å². The van der Waals surface area contributed by atoms with Gasteiger partial charge in [-0.15, -0.1) is 0 Å². The van der Waals surface area contributed by atoms with Crippen LogP contribution in [0.2, 0.25) is 0 Å². The van der Waals surface area contributed by atoms with Gasteiger partial charge in [-0.1, -0.05) is 6.07 Å². The summed E-state index contributed by atoms with van der Waals surface area (Å²) in [7, 11) is -1.42. The van der Waals surface area contributed by atoms with E-state index in [4.69, 9.17) is 0 Å². The van der Waals surface area contributed by atoms with E-state index in [-0.39, 0.29) is 12.5 Å². The lowest BCUT2D eigenvalue weighted by molar-refractivity contribution is -0.123. The lowest BCUT2D eigenvalue weighted by Gasteiger charge is -2.46. The van der Waals surface area contributed by atoms with Gasteiger partial charge in [0.25, 0.3) is 0 Å². The largest absolute Gasteiger partial charge is 0.309 e. The number of rotatable bonds is 2. The summed E-state index contributed by atoms with van der Waals surface area (Å²) in [5, 5.41) is 0. The van der Waals surface area contributed by atoms with Crippen LogP contribution in [-0.2, 0) is 14.8 Å². The van der Waals surface area contributed by atoms with Gasteiger partial charge in [-0.2, -0.15) is 0 Å². The molecule has 8 heteroatoms. The molecule has 2 saturated heterocycles. The van der Waals surface area contributed by atoms with Crippen LogP contribution in [0.15, 0.2) is 24.3 Å². The molecule has 2 aliphatic heterocycles. The van der Waals surface area contributed by atoms with Crippen molar-refractivity contribution in [1.29, 1.82) is 0 Å². The predicted molar refractivity (Wildman–Crippen MR) is 85.1 cm³/mol. The summed E-state index contributed by atoms with van der Waals surface area (Å²) in [4.78, 5) is 15.9. The highest BCUT2D eigenvalue weighted by Gasteiger charge is 2.49. The molecule has 2 fully saturated rings. The smallest absolute Gasteiger partial charge is 0.241 e. The molecular weight excluding hydrogens is 321 g/mol. The molecule has 2 aliphatic rings. The first-order valence-corrected chi connectivity index (χ1v) is 9.28. The molecule has 0 aromatic heterocycles. The molecule has 1 spiro atoms. The number of benzene rings is 1. The zero-order chi connectivity index (χ0) is 16.8. The van der Waals surface area contributed by atoms with Crippen molar-refractivity contribution in [2.24, 2.45) is 0 Å². The summed E-state index contributed by atoms with van der Waals surface area (Å²) < 4.78 is 38.5. The first-order chi connectivity index (χ1) is 10.7. The highest BCUT2D eigenvalue weighted by molar-refractivity contribution is 7.88. The van der Waals surface area contributed by atoms with Crippen molar-refractivity contribution in [3.63, 3.8) is 0 Å². The van der Waals surface area contributed by atoms with Crippen LogP contribution >= 0.6 is 0 Å². The maximum Gasteiger partial charge on any atom is 0.241 e. The van der Waals surface area contributed by atoms with E-state index in [0.29, 0.717) is 31.7 Å². The number of carbonyl (C=O) groups excluding carboxylic acids is 1. The highest BCUT2D eigenvalue weighted by atomic mass is 32.2. The summed E-state index contributed by atoms with van der Waals surface area (Å²) >= 11 is 0. The number of carbonyl (C=O) groups is 1. The third-order valence-corrected chi connectivity index (χ3v) is 6.07. The Morgan fingerprint density at radius 1 is 1.26 bits per heavy atom. The van der Waals surface area contributed by atoms with Crippen molar-refractivity contribution < 1.29 is 17.6 Å². The van der Waals surface area contributed by atoms with Crippen molar-refractivity contribution in [1.82, 2.24) is 9.21 Å². The minimum atomic E-state index is -3.26. The molecule has 0 radical (unpaired) electrons. The van der Waals surface area contributed by atoms with E-state index in [0.717, 1.165) is 0 Å². The summed E-state index contributed by atoms with van der Waals surface area (Å²) in [5.74, 6) is -0.506. The second-order valence-corrected chi connectivity index (χ2v) is 8.37. The molecular formula is C15H20FN3O3S. The van der Waals surface area contributed by atoms with E-state index < -0.39 is 21.4 Å². The first kappa shape index (κ1) is 16.4. The van der Waals surface area contributed by atoms with Gasteiger partial charge in [0.15, 0.2) is 0 Å². The maximum atomic E-state index is 13.5. The van der Waals surface area contributed by atoms with Crippen LogP contribution in [0, 0.1) is 5.82 Å². The van der Waals surface area contributed by atoms with Crippen LogP contribution in [-0.4, -0.2) is 68.6 Å². The van der Waals surface area contributed by atoms with Gasteiger partial charge in [-0.05, 0) is 31.7 Å². The number of nitrogens with zero attached hydrogens (tertiary/aromatic N) is 3. The number of piperazine rings is 1. The van der Waals surface area contributed by atoms with Gasteiger partial charge in [0.1, 0.15) is 5.82 Å². The number of anilines is 1. The van der Waals surface area contributed by atoms with Crippen LogP contribution in [0.3, 0.4) is 0 Å².